The maximum Gasteiger partial charge on any atom is 0.129 e. The minimum Gasteiger partial charge on any atom is -0.206 e. The van der Waals surface area contributed by atoms with Crippen LogP contribution in [-0.4, -0.2) is 0 Å². The molecular formula is C31H47F. The lowest BCUT2D eigenvalue weighted by molar-refractivity contribution is 0.195. The van der Waals surface area contributed by atoms with Crippen LogP contribution in [0.1, 0.15) is 107 Å². The molecule has 0 saturated heterocycles. The Kier molecular flexibility index (Phi) is 8.52. The first kappa shape index (κ1) is 24.0. The van der Waals surface area contributed by atoms with Crippen LogP contribution in [-0.2, 0) is 12.8 Å². The van der Waals surface area contributed by atoms with Gasteiger partial charge in [-0.3, -0.25) is 0 Å². The standard InChI is InChI=1S/C31H47F/c1-4-24-9-11-27(12-10-24)20-29-17-18-30(31(32)23(29)3)21-28-15-13-26(14-16-28)19-25-7-5-22(2)6-8-25/h4,17-18,22,24-28H,1,5-16,19-21H2,2-3H3. The lowest BCUT2D eigenvalue weighted by atomic mass is 9.72. The van der Waals surface area contributed by atoms with Crippen LogP contribution in [0.4, 0.5) is 4.39 Å². The zero-order chi connectivity index (χ0) is 22.5. The van der Waals surface area contributed by atoms with Gasteiger partial charge in [-0.05, 0) is 117 Å². The van der Waals surface area contributed by atoms with Gasteiger partial charge in [-0.25, -0.2) is 4.39 Å². The number of hydrogen-bond donors (Lipinski definition) is 0. The molecule has 1 heteroatoms. The third-order valence-electron chi connectivity index (χ3n) is 9.59. The molecule has 3 saturated carbocycles. The topological polar surface area (TPSA) is 0 Å². The van der Waals surface area contributed by atoms with E-state index in [1.54, 1.807) is 0 Å². The second-order valence-corrected chi connectivity index (χ2v) is 12.0. The fourth-order valence-electron chi connectivity index (χ4n) is 7.12. The van der Waals surface area contributed by atoms with E-state index < -0.39 is 0 Å². The summed E-state index contributed by atoms with van der Waals surface area (Å²) in [4.78, 5) is 0. The molecule has 3 fully saturated rings. The second kappa shape index (κ2) is 11.3. The van der Waals surface area contributed by atoms with Gasteiger partial charge < -0.3 is 0 Å². The van der Waals surface area contributed by atoms with Gasteiger partial charge in [0, 0.05) is 0 Å². The summed E-state index contributed by atoms with van der Waals surface area (Å²) in [6.45, 7) is 8.40. The Balaban J connectivity index is 1.25. The molecule has 0 amide bonds. The Bertz CT molecular complexity index is 725. The van der Waals surface area contributed by atoms with Crippen LogP contribution in [0.5, 0.6) is 0 Å². The minimum atomic E-state index is 0.0979. The van der Waals surface area contributed by atoms with Gasteiger partial charge in [-0.15, -0.1) is 6.58 Å². The van der Waals surface area contributed by atoms with Gasteiger partial charge in [-0.1, -0.05) is 63.7 Å². The van der Waals surface area contributed by atoms with Crippen molar-refractivity contribution in [3.05, 3.63) is 47.3 Å². The van der Waals surface area contributed by atoms with Gasteiger partial charge in [0.1, 0.15) is 5.82 Å². The van der Waals surface area contributed by atoms with Crippen LogP contribution in [0.3, 0.4) is 0 Å². The molecule has 0 nitrogen and oxygen atoms in total. The molecule has 0 unspecified atom stereocenters. The summed E-state index contributed by atoms with van der Waals surface area (Å²) in [5.74, 6) is 5.10. The highest BCUT2D eigenvalue weighted by Crippen LogP contribution is 2.39. The minimum absolute atomic E-state index is 0.0979. The van der Waals surface area contributed by atoms with Crippen LogP contribution in [0.25, 0.3) is 0 Å². The molecule has 178 valence electrons. The average Bonchev–Trinajstić information content (AvgIpc) is 2.82. The molecule has 0 aromatic heterocycles. The van der Waals surface area contributed by atoms with E-state index in [4.69, 9.17) is 0 Å². The molecule has 0 spiro atoms. The second-order valence-electron chi connectivity index (χ2n) is 12.0. The maximum atomic E-state index is 15.3. The van der Waals surface area contributed by atoms with Crippen molar-refractivity contribution in [1.29, 1.82) is 0 Å². The van der Waals surface area contributed by atoms with Gasteiger partial charge in [-0.2, -0.15) is 0 Å². The average molecular weight is 439 g/mol. The molecular weight excluding hydrogens is 391 g/mol. The third kappa shape index (κ3) is 6.27. The van der Waals surface area contributed by atoms with Gasteiger partial charge in [0.05, 0.1) is 0 Å². The van der Waals surface area contributed by atoms with E-state index >= 15 is 4.39 Å². The normalized spacial score (nSPS) is 33.7. The fraction of sp³-hybridized carbons (Fsp3) is 0.742. The van der Waals surface area contributed by atoms with E-state index in [-0.39, 0.29) is 5.82 Å². The van der Waals surface area contributed by atoms with E-state index in [9.17, 15) is 0 Å². The summed E-state index contributed by atoms with van der Waals surface area (Å²) < 4.78 is 15.3. The summed E-state index contributed by atoms with van der Waals surface area (Å²) in [7, 11) is 0. The number of hydrogen-bond acceptors (Lipinski definition) is 0. The molecule has 1 aromatic carbocycles. The molecule has 0 bridgehead atoms. The van der Waals surface area contributed by atoms with Gasteiger partial charge in [0.2, 0.25) is 0 Å². The Hall–Kier alpha value is -1.11. The maximum absolute atomic E-state index is 15.3. The van der Waals surface area contributed by atoms with E-state index in [0.29, 0.717) is 11.8 Å². The van der Waals surface area contributed by atoms with Crippen molar-refractivity contribution in [3.8, 4) is 0 Å². The van der Waals surface area contributed by atoms with E-state index in [2.05, 4.69) is 31.7 Å². The molecule has 0 aliphatic heterocycles. The Morgan fingerprint density at radius 1 is 0.750 bits per heavy atom. The SMILES string of the molecule is C=CC1CCC(Cc2ccc(CC3CCC(CC4CCC(C)CC4)CC3)c(F)c2C)CC1. The Morgan fingerprint density at radius 2 is 1.22 bits per heavy atom. The van der Waals surface area contributed by atoms with E-state index in [1.165, 1.54) is 89.0 Å². The molecule has 0 N–H and O–H groups in total. The predicted octanol–water partition coefficient (Wildman–Crippen LogP) is 9.23. The third-order valence-corrected chi connectivity index (χ3v) is 9.59. The smallest absolute Gasteiger partial charge is 0.129 e. The quantitative estimate of drug-likeness (QED) is 0.372. The number of benzene rings is 1. The van der Waals surface area contributed by atoms with Crippen molar-refractivity contribution in [2.45, 2.75) is 110 Å². The van der Waals surface area contributed by atoms with Crippen LogP contribution in [0.2, 0.25) is 0 Å². The Labute approximate surface area is 197 Å². The fourth-order valence-corrected chi connectivity index (χ4v) is 7.12. The molecule has 3 aliphatic rings. The van der Waals surface area contributed by atoms with Crippen molar-refractivity contribution < 1.29 is 4.39 Å². The first-order valence-corrected chi connectivity index (χ1v) is 13.9. The highest BCUT2D eigenvalue weighted by molar-refractivity contribution is 5.33. The van der Waals surface area contributed by atoms with Crippen molar-refractivity contribution in [2.24, 2.45) is 35.5 Å². The first-order valence-electron chi connectivity index (χ1n) is 13.9. The van der Waals surface area contributed by atoms with Crippen LogP contribution in [0, 0.1) is 48.2 Å². The van der Waals surface area contributed by atoms with Crippen LogP contribution >= 0.6 is 0 Å². The molecule has 3 aliphatic carbocycles. The van der Waals surface area contributed by atoms with Gasteiger partial charge in [0.15, 0.2) is 0 Å². The Morgan fingerprint density at radius 3 is 1.81 bits per heavy atom. The number of rotatable bonds is 7. The molecule has 32 heavy (non-hydrogen) atoms. The van der Waals surface area contributed by atoms with Crippen molar-refractivity contribution in [2.75, 3.05) is 0 Å². The molecule has 4 rings (SSSR count). The predicted molar refractivity (Wildman–Crippen MR) is 135 cm³/mol. The van der Waals surface area contributed by atoms with Gasteiger partial charge >= 0.3 is 0 Å². The summed E-state index contributed by atoms with van der Waals surface area (Å²) >= 11 is 0. The molecule has 1 aromatic rings. The van der Waals surface area contributed by atoms with Crippen molar-refractivity contribution >= 4 is 0 Å². The highest BCUT2D eigenvalue weighted by atomic mass is 19.1. The summed E-state index contributed by atoms with van der Waals surface area (Å²) in [6, 6.07) is 4.38. The molecule has 0 radical (unpaired) electrons. The summed E-state index contributed by atoms with van der Waals surface area (Å²) in [5.41, 5.74) is 3.15. The monoisotopic (exact) mass is 438 g/mol. The van der Waals surface area contributed by atoms with Crippen molar-refractivity contribution in [3.63, 3.8) is 0 Å². The van der Waals surface area contributed by atoms with Crippen molar-refractivity contribution in [1.82, 2.24) is 0 Å². The van der Waals surface area contributed by atoms with Gasteiger partial charge in [0.25, 0.3) is 0 Å². The number of halogens is 1. The highest BCUT2D eigenvalue weighted by Gasteiger charge is 2.27. The lowest BCUT2D eigenvalue weighted by Crippen LogP contribution is -2.21. The zero-order valence-electron chi connectivity index (χ0n) is 20.9. The van der Waals surface area contributed by atoms with Crippen LogP contribution in [0.15, 0.2) is 24.8 Å². The van der Waals surface area contributed by atoms with Crippen LogP contribution < -0.4 is 0 Å². The van der Waals surface area contributed by atoms with E-state index in [0.717, 1.165) is 47.6 Å². The largest absolute Gasteiger partial charge is 0.206 e. The lowest BCUT2D eigenvalue weighted by Gasteiger charge is -2.33. The summed E-state index contributed by atoms with van der Waals surface area (Å²) in [5, 5.41) is 0. The summed E-state index contributed by atoms with van der Waals surface area (Å²) in [6.07, 6.45) is 21.8. The number of allylic oxidation sites excluding steroid dienone is 1. The molecule has 0 heterocycles. The first-order chi connectivity index (χ1) is 15.5. The molecule has 0 atom stereocenters. The van der Waals surface area contributed by atoms with E-state index in [1.807, 2.05) is 6.92 Å². The zero-order valence-corrected chi connectivity index (χ0v) is 20.9.